The van der Waals surface area contributed by atoms with Gasteiger partial charge in [0.05, 0.1) is 5.56 Å². The highest BCUT2D eigenvalue weighted by molar-refractivity contribution is 5.91. The lowest BCUT2D eigenvalue weighted by Crippen LogP contribution is -2.28. The first-order valence-electron chi connectivity index (χ1n) is 6.90. The van der Waals surface area contributed by atoms with E-state index in [4.69, 9.17) is 0 Å². The molecule has 0 aromatic heterocycles. The quantitative estimate of drug-likeness (QED) is 0.862. The smallest absolute Gasteiger partial charge is 0.341 e. The van der Waals surface area contributed by atoms with Gasteiger partial charge in [-0.15, -0.1) is 0 Å². The Morgan fingerprint density at radius 1 is 1.13 bits per heavy atom. The normalized spacial score (nSPS) is 10.2. The van der Waals surface area contributed by atoms with Crippen molar-refractivity contribution in [1.82, 2.24) is 5.32 Å². The fourth-order valence-electron chi connectivity index (χ4n) is 1.94. The van der Waals surface area contributed by atoms with Gasteiger partial charge in [0.1, 0.15) is 11.6 Å². The minimum Gasteiger partial charge on any atom is -0.452 e. The molecule has 0 aliphatic carbocycles. The minimum absolute atomic E-state index is 0.284. The molecule has 0 heterocycles. The van der Waals surface area contributed by atoms with E-state index in [-0.39, 0.29) is 6.54 Å². The molecule has 120 valence electrons. The summed E-state index contributed by atoms with van der Waals surface area (Å²) < 4.78 is 31.1. The molecule has 0 fully saturated rings. The van der Waals surface area contributed by atoms with Crippen LogP contribution in [0.1, 0.15) is 21.5 Å². The lowest BCUT2D eigenvalue weighted by molar-refractivity contribution is -0.124. The van der Waals surface area contributed by atoms with E-state index in [2.05, 4.69) is 10.1 Å². The Morgan fingerprint density at radius 3 is 2.65 bits per heavy atom. The van der Waals surface area contributed by atoms with E-state index in [0.717, 1.165) is 29.3 Å². The first-order valence-corrected chi connectivity index (χ1v) is 6.90. The van der Waals surface area contributed by atoms with Gasteiger partial charge in [-0.05, 0) is 30.7 Å². The summed E-state index contributed by atoms with van der Waals surface area (Å²) in [6.45, 7) is 1.65. The molecule has 2 aromatic carbocycles. The van der Waals surface area contributed by atoms with Crippen LogP contribution in [0.4, 0.5) is 8.78 Å². The molecule has 0 spiro atoms. The molecule has 0 radical (unpaired) electrons. The summed E-state index contributed by atoms with van der Waals surface area (Å²) in [6, 6.07) is 9.99. The third kappa shape index (κ3) is 4.88. The van der Waals surface area contributed by atoms with Gasteiger partial charge in [-0.1, -0.05) is 29.8 Å². The number of halogens is 2. The van der Waals surface area contributed by atoms with Crippen molar-refractivity contribution >= 4 is 11.9 Å². The molecule has 0 saturated heterocycles. The second-order valence-electron chi connectivity index (χ2n) is 4.97. The Balaban J connectivity index is 1.84. The number of amides is 1. The topological polar surface area (TPSA) is 55.4 Å². The summed E-state index contributed by atoms with van der Waals surface area (Å²) in [5, 5.41) is 2.58. The first-order chi connectivity index (χ1) is 11.0. The van der Waals surface area contributed by atoms with Crippen LogP contribution < -0.4 is 5.32 Å². The lowest BCUT2D eigenvalue weighted by atomic mass is 10.1. The number of carbonyl (C=O) groups is 2. The predicted octanol–water partition coefficient (Wildman–Crippen LogP) is 2.75. The summed E-state index contributed by atoms with van der Waals surface area (Å²) in [4.78, 5) is 23.3. The Bertz CT molecular complexity index is 732. The van der Waals surface area contributed by atoms with Gasteiger partial charge in [0.15, 0.2) is 6.61 Å². The molecule has 2 rings (SSSR count). The predicted molar refractivity (Wildman–Crippen MR) is 79.7 cm³/mol. The Morgan fingerprint density at radius 2 is 1.91 bits per heavy atom. The summed E-state index contributed by atoms with van der Waals surface area (Å²) in [6.07, 6.45) is 0. The average molecular weight is 319 g/mol. The highest BCUT2D eigenvalue weighted by Gasteiger charge is 2.15. The Kier molecular flexibility index (Phi) is 5.41. The van der Waals surface area contributed by atoms with Crippen LogP contribution in [0.25, 0.3) is 0 Å². The fraction of sp³-hybridized carbons (Fsp3) is 0.176. The summed E-state index contributed by atoms with van der Waals surface area (Å²) in [5.74, 6) is -3.29. The molecule has 1 N–H and O–H groups in total. The number of nitrogens with one attached hydrogen (secondary N) is 1. The second kappa shape index (κ2) is 7.49. The SMILES string of the molecule is Cc1cccc(CNC(=O)COC(=O)c2cc(F)ccc2F)c1. The third-order valence-electron chi connectivity index (χ3n) is 3.05. The zero-order valence-electron chi connectivity index (χ0n) is 12.4. The zero-order chi connectivity index (χ0) is 16.8. The molecular weight excluding hydrogens is 304 g/mol. The number of hydrogen-bond donors (Lipinski definition) is 1. The largest absolute Gasteiger partial charge is 0.452 e. The van der Waals surface area contributed by atoms with Gasteiger partial charge in [-0.3, -0.25) is 4.79 Å². The summed E-state index contributed by atoms with van der Waals surface area (Å²) >= 11 is 0. The van der Waals surface area contributed by atoms with Gasteiger partial charge in [0.25, 0.3) is 5.91 Å². The molecule has 0 aliphatic heterocycles. The highest BCUT2D eigenvalue weighted by atomic mass is 19.1. The van der Waals surface area contributed by atoms with Crippen molar-refractivity contribution < 1.29 is 23.1 Å². The molecule has 0 aliphatic rings. The molecule has 4 nitrogen and oxygen atoms in total. The van der Waals surface area contributed by atoms with E-state index in [1.54, 1.807) is 0 Å². The molecule has 0 atom stereocenters. The number of esters is 1. The number of benzene rings is 2. The van der Waals surface area contributed by atoms with Crippen LogP contribution in [0.2, 0.25) is 0 Å². The monoisotopic (exact) mass is 319 g/mol. The summed E-state index contributed by atoms with van der Waals surface area (Å²) in [5.41, 5.74) is 1.42. The van der Waals surface area contributed by atoms with Gasteiger partial charge in [0.2, 0.25) is 0 Å². The van der Waals surface area contributed by atoms with Crippen LogP contribution in [-0.4, -0.2) is 18.5 Å². The first kappa shape index (κ1) is 16.6. The second-order valence-corrected chi connectivity index (χ2v) is 4.97. The molecule has 6 heteroatoms. The molecule has 2 aromatic rings. The van der Waals surface area contributed by atoms with Crippen LogP contribution in [0.3, 0.4) is 0 Å². The maximum Gasteiger partial charge on any atom is 0.341 e. The number of hydrogen-bond acceptors (Lipinski definition) is 3. The third-order valence-corrected chi connectivity index (χ3v) is 3.05. The number of aryl methyl sites for hydroxylation is 1. The van der Waals surface area contributed by atoms with Crippen molar-refractivity contribution in [2.75, 3.05) is 6.61 Å². The number of rotatable bonds is 5. The fourth-order valence-corrected chi connectivity index (χ4v) is 1.94. The van der Waals surface area contributed by atoms with Crippen molar-refractivity contribution in [3.63, 3.8) is 0 Å². The van der Waals surface area contributed by atoms with Gasteiger partial charge >= 0.3 is 5.97 Å². The maximum absolute atomic E-state index is 13.4. The van der Waals surface area contributed by atoms with Crippen LogP contribution in [0, 0.1) is 18.6 Å². The van der Waals surface area contributed by atoms with Crippen LogP contribution >= 0.6 is 0 Å². The Hall–Kier alpha value is -2.76. The minimum atomic E-state index is -1.09. The molecule has 23 heavy (non-hydrogen) atoms. The number of ether oxygens (including phenoxy) is 1. The van der Waals surface area contributed by atoms with Crippen molar-refractivity contribution in [1.29, 1.82) is 0 Å². The maximum atomic E-state index is 13.4. The average Bonchev–Trinajstić information content (AvgIpc) is 2.53. The van der Waals surface area contributed by atoms with E-state index in [1.807, 2.05) is 31.2 Å². The standard InChI is InChI=1S/C17H15F2NO3/c1-11-3-2-4-12(7-11)9-20-16(21)10-23-17(22)14-8-13(18)5-6-15(14)19/h2-8H,9-10H2,1H3,(H,20,21). The van der Waals surface area contributed by atoms with Crippen molar-refractivity contribution in [2.24, 2.45) is 0 Å². The molecule has 0 unspecified atom stereocenters. The van der Waals surface area contributed by atoms with Crippen LogP contribution in [0.5, 0.6) is 0 Å². The van der Waals surface area contributed by atoms with E-state index >= 15 is 0 Å². The van der Waals surface area contributed by atoms with Gasteiger partial charge in [-0.25, -0.2) is 13.6 Å². The molecule has 0 bridgehead atoms. The van der Waals surface area contributed by atoms with Crippen molar-refractivity contribution in [3.05, 3.63) is 70.8 Å². The molecule has 0 saturated carbocycles. The summed E-state index contributed by atoms with van der Waals surface area (Å²) in [7, 11) is 0. The van der Waals surface area contributed by atoms with E-state index < -0.39 is 35.7 Å². The highest BCUT2D eigenvalue weighted by Crippen LogP contribution is 2.11. The van der Waals surface area contributed by atoms with Crippen molar-refractivity contribution in [3.8, 4) is 0 Å². The van der Waals surface area contributed by atoms with Gasteiger partial charge < -0.3 is 10.1 Å². The van der Waals surface area contributed by atoms with Gasteiger partial charge in [0, 0.05) is 6.54 Å². The van der Waals surface area contributed by atoms with Crippen LogP contribution in [0.15, 0.2) is 42.5 Å². The lowest BCUT2D eigenvalue weighted by Gasteiger charge is -2.08. The van der Waals surface area contributed by atoms with Gasteiger partial charge in [-0.2, -0.15) is 0 Å². The van der Waals surface area contributed by atoms with E-state index in [9.17, 15) is 18.4 Å². The van der Waals surface area contributed by atoms with E-state index in [1.165, 1.54) is 0 Å². The van der Waals surface area contributed by atoms with E-state index in [0.29, 0.717) is 0 Å². The van der Waals surface area contributed by atoms with Crippen molar-refractivity contribution in [2.45, 2.75) is 13.5 Å². The zero-order valence-corrected chi connectivity index (χ0v) is 12.4. The van der Waals surface area contributed by atoms with Crippen LogP contribution in [-0.2, 0) is 16.1 Å². The molecule has 1 amide bonds. The number of carbonyl (C=O) groups excluding carboxylic acids is 2. The molecular formula is C17H15F2NO3. The Labute approximate surface area is 132 Å².